The van der Waals surface area contributed by atoms with E-state index >= 15 is 0 Å². The second-order valence-electron chi connectivity index (χ2n) is 9.28. The number of aliphatic hydroxyl groups is 2. The first kappa shape index (κ1) is 19.1. The van der Waals surface area contributed by atoms with Crippen molar-refractivity contribution in [2.24, 2.45) is 11.8 Å². The van der Waals surface area contributed by atoms with Crippen LogP contribution in [0.25, 0.3) is 0 Å². The Hall–Kier alpha value is -0.400. The number of nitrogens with zero attached hydrogens (tertiary/aromatic N) is 2. The number of carbonyl (C=O) groups excluding carboxylic acids is 4. The highest BCUT2D eigenvalue weighted by Gasteiger charge is 2.79. The maximum absolute atomic E-state index is 14.2. The number of rotatable bonds is 0. The van der Waals surface area contributed by atoms with Crippen LogP contribution in [0.4, 0.5) is 0 Å². The van der Waals surface area contributed by atoms with E-state index in [1.54, 1.807) is 0 Å². The topological polar surface area (TPSA) is 115 Å². The Morgan fingerprint density at radius 2 is 1.13 bits per heavy atom. The van der Waals surface area contributed by atoms with Gasteiger partial charge < -0.3 is 20.0 Å². The Bertz CT molecular complexity index is 876. The standard InChI is InChI=1S/C18H18N2O6S4/c21-7-1-9-13(23)11-5(7)3-17(29-27-9)15(25)20-12-6-4-18(20,16(26)19(11)17)30-28-10(14(12)24)2-8(6)22/h5-6,9-14,23-24H,1-4H2/t5-,6-,9-,10-,11-,12-,13-,14-,17+,18+/m0/s1. The fourth-order valence-corrected chi connectivity index (χ4v) is 13.8. The van der Waals surface area contributed by atoms with E-state index < -0.39 is 45.9 Å². The monoisotopic (exact) mass is 486 g/mol. The summed E-state index contributed by atoms with van der Waals surface area (Å²) in [6.45, 7) is 0. The lowest BCUT2D eigenvalue weighted by Gasteiger charge is -2.52. The summed E-state index contributed by atoms with van der Waals surface area (Å²) in [6, 6.07) is -1.39. The number of fused-ring (bicyclic) bond motifs is 2. The number of Topliss-reactive ketones (excluding diaryl/α,β-unsaturated/α-hetero) is 2. The van der Waals surface area contributed by atoms with Gasteiger partial charge in [-0.05, 0) is 0 Å². The van der Waals surface area contributed by atoms with Gasteiger partial charge in [0.25, 0.3) is 11.8 Å². The maximum atomic E-state index is 14.2. The van der Waals surface area contributed by atoms with Gasteiger partial charge in [0.05, 0.1) is 34.8 Å². The van der Waals surface area contributed by atoms with E-state index in [9.17, 15) is 29.4 Å². The van der Waals surface area contributed by atoms with Gasteiger partial charge in [-0.2, -0.15) is 0 Å². The molecule has 5 saturated heterocycles. The molecule has 2 N–H and O–H groups in total. The van der Waals surface area contributed by atoms with Crippen LogP contribution in [0.5, 0.6) is 0 Å². The summed E-state index contributed by atoms with van der Waals surface area (Å²) in [6.07, 6.45) is -0.830. The number of aliphatic hydroxyl groups excluding tert-OH is 2. The molecule has 7 rings (SSSR count). The van der Waals surface area contributed by atoms with Gasteiger partial charge in [-0.25, -0.2) is 0 Å². The molecular formula is C18H18N2O6S4. The fourth-order valence-electron chi connectivity index (χ4n) is 6.69. The summed E-state index contributed by atoms with van der Waals surface area (Å²) in [5.41, 5.74) is 0. The van der Waals surface area contributed by atoms with Crippen molar-refractivity contribution in [1.29, 1.82) is 0 Å². The molecule has 2 saturated carbocycles. The highest BCUT2D eigenvalue weighted by molar-refractivity contribution is 8.78. The maximum Gasteiger partial charge on any atom is 0.261 e. The Kier molecular flexibility index (Phi) is 3.66. The lowest BCUT2D eigenvalue weighted by atomic mass is 9.80. The van der Waals surface area contributed by atoms with Crippen molar-refractivity contribution in [2.45, 2.75) is 70.2 Å². The van der Waals surface area contributed by atoms with E-state index in [1.807, 2.05) is 0 Å². The molecule has 0 unspecified atom stereocenters. The fraction of sp³-hybridized carbons (Fsp3) is 0.778. The minimum Gasteiger partial charge on any atom is -0.390 e. The van der Waals surface area contributed by atoms with Gasteiger partial charge in [0.15, 0.2) is 9.74 Å². The third-order valence-electron chi connectivity index (χ3n) is 8.01. The minimum absolute atomic E-state index is 0.00614. The van der Waals surface area contributed by atoms with Gasteiger partial charge >= 0.3 is 0 Å². The number of hydrogen-bond donors (Lipinski definition) is 2. The van der Waals surface area contributed by atoms with Gasteiger partial charge in [-0.3, -0.25) is 19.2 Å². The Morgan fingerprint density at radius 1 is 0.733 bits per heavy atom. The summed E-state index contributed by atoms with van der Waals surface area (Å²) >= 11 is 0. The van der Waals surface area contributed by atoms with Crippen molar-refractivity contribution in [3.63, 3.8) is 0 Å². The van der Waals surface area contributed by atoms with Crippen LogP contribution in [-0.4, -0.2) is 87.9 Å². The molecule has 30 heavy (non-hydrogen) atoms. The van der Waals surface area contributed by atoms with Gasteiger partial charge in [0, 0.05) is 37.5 Å². The quantitative estimate of drug-likeness (QED) is 0.454. The molecule has 0 aromatic heterocycles. The molecule has 5 heterocycles. The molecule has 0 aromatic carbocycles. The Balaban J connectivity index is 1.44. The first-order chi connectivity index (χ1) is 14.3. The Morgan fingerprint density at radius 3 is 1.53 bits per heavy atom. The smallest absolute Gasteiger partial charge is 0.261 e. The van der Waals surface area contributed by atoms with E-state index in [4.69, 9.17) is 0 Å². The number of piperazine rings is 1. The zero-order valence-electron chi connectivity index (χ0n) is 15.5. The van der Waals surface area contributed by atoms with Crippen LogP contribution in [0, 0.1) is 11.8 Å². The molecule has 6 bridgehead atoms. The normalized spacial score (nSPS) is 55.7. The minimum atomic E-state index is -1.26. The van der Waals surface area contributed by atoms with E-state index in [-0.39, 0.29) is 59.6 Å². The summed E-state index contributed by atoms with van der Waals surface area (Å²) in [7, 11) is 5.22. The molecule has 8 nitrogen and oxygen atoms in total. The summed E-state index contributed by atoms with van der Waals surface area (Å²) in [5.74, 6) is -1.65. The third-order valence-corrected chi connectivity index (χ3v) is 14.9. The van der Waals surface area contributed by atoms with Crippen LogP contribution >= 0.6 is 43.2 Å². The van der Waals surface area contributed by atoms with Crippen LogP contribution < -0.4 is 0 Å². The third kappa shape index (κ3) is 1.89. The van der Waals surface area contributed by atoms with Crippen LogP contribution in [0.2, 0.25) is 0 Å². The highest BCUT2D eigenvalue weighted by atomic mass is 33.1. The lowest BCUT2D eigenvalue weighted by molar-refractivity contribution is -0.170. The molecule has 0 radical (unpaired) electrons. The second kappa shape index (κ2) is 5.74. The Labute approximate surface area is 187 Å². The van der Waals surface area contributed by atoms with Gasteiger partial charge in [0.1, 0.15) is 11.6 Å². The van der Waals surface area contributed by atoms with Gasteiger partial charge in [-0.15, -0.1) is 0 Å². The zero-order valence-corrected chi connectivity index (χ0v) is 18.8. The van der Waals surface area contributed by atoms with Crippen molar-refractivity contribution in [3.8, 4) is 0 Å². The van der Waals surface area contributed by atoms with E-state index in [0.717, 1.165) is 0 Å². The molecule has 0 aromatic rings. The number of amides is 2. The van der Waals surface area contributed by atoms with Gasteiger partial charge in [0.2, 0.25) is 0 Å². The largest absolute Gasteiger partial charge is 0.390 e. The zero-order chi connectivity index (χ0) is 20.7. The second-order valence-corrected chi connectivity index (χ2v) is 14.7. The van der Waals surface area contributed by atoms with Crippen LogP contribution in [0.1, 0.15) is 25.7 Å². The molecule has 10 atom stereocenters. The van der Waals surface area contributed by atoms with E-state index in [0.29, 0.717) is 0 Å². The number of carbonyl (C=O) groups is 4. The molecule has 7 aliphatic rings. The summed E-state index contributed by atoms with van der Waals surface area (Å²) in [4.78, 5) is 54.5. The predicted octanol–water partition coefficient (Wildman–Crippen LogP) is 0.0214. The van der Waals surface area contributed by atoms with E-state index in [2.05, 4.69) is 0 Å². The van der Waals surface area contributed by atoms with Crippen molar-refractivity contribution in [2.75, 3.05) is 0 Å². The average Bonchev–Trinajstić information content (AvgIpc) is 3.20. The molecule has 2 amide bonds. The summed E-state index contributed by atoms with van der Waals surface area (Å²) < 4.78 is 0. The average molecular weight is 487 g/mol. The van der Waals surface area contributed by atoms with Crippen molar-refractivity contribution >= 4 is 66.6 Å². The molecule has 5 aliphatic heterocycles. The molecule has 12 heteroatoms. The molecule has 0 spiro atoms. The molecule has 2 aliphatic carbocycles. The van der Waals surface area contributed by atoms with Crippen molar-refractivity contribution in [3.05, 3.63) is 0 Å². The van der Waals surface area contributed by atoms with Crippen LogP contribution in [-0.2, 0) is 19.2 Å². The first-order valence-electron chi connectivity index (χ1n) is 10.1. The van der Waals surface area contributed by atoms with Crippen molar-refractivity contribution < 1.29 is 29.4 Å². The van der Waals surface area contributed by atoms with Crippen LogP contribution in [0.15, 0.2) is 0 Å². The number of ketones is 2. The molecule has 7 fully saturated rings. The molecular weight excluding hydrogens is 468 g/mol. The lowest BCUT2D eigenvalue weighted by Crippen LogP contribution is -2.74. The number of hydrogen-bond acceptors (Lipinski definition) is 10. The van der Waals surface area contributed by atoms with Crippen LogP contribution in [0.3, 0.4) is 0 Å². The van der Waals surface area contributed by atoms with E-state index in [1.165, 1.54) is 53.0 Å². The SMILES string of the molecule is O=C1C[C@@H]2SS[C@@]34C[C@@H]1[C@@H]([C@H]2O)N3C(=O)[C@@]12C[C@H]3C(=O)C[C@H](SS1)[C@H](O)[C@H]3N2C4=O. The molecule has 160 valence electrons. The summed E-state index contributed by atoms with van der Waals surface area (Å²) in [5, 5.41) is 21.4. The highest BCUT2D eigenvalue weighted by Crippen LogP contribution is 2.68. The van der Waals surface area contributed by atoms with Crippen molar-refractivity contribution in [1.82, 2.24) is 9.80 Å². The van der Waals surface area contributed by atoms with Gasteiger partial charge in [-0.1, -0.05) is 43.2 Å². The predicted molar refractivity (Wildman–Crippen MR) is 112 cm³/mol. The first-order valence-corrected chi connectivity index (χ1v) is 14.5.